The van der Waals surface area contributed by atoms with Gasteiger partial charge in [-0.2, -0.15) is 0 Å². The van der Waals surface area contributed by atoms with Crippen LogP contribution >= 0.6 is 0 Å². The predicted molar refractivity (Wildman–Crippen MR) is 90.0 cm³/mol. The summed E-state index contributed by atoms with van der Waals surface area (Å²) in [5, 5.41) is 3.32. The molecule has 0 radical (unpaired) electrons. The van der Waals surface area contributed by atoms with E-state index >= 15 is 0 Å². The van der Waals surface area contributed by atoms with E-state index in [9.17, 15) is 0 Å². The first-order chi connectivity index (χ1) is 10.3. The largest absolute Gasteiger partial charge is 0.371 e. The van der Waals surface area contributed by atoms with E-state index in [-0.39, 0.29) is 0 Å². The average Bonchev–Trinajstić information content (AvgIpc) is 2.95. The maximum absolute atomic E-state index is 3.32. The highest BCUT2D eigenvalue weighted by molar-refractivity contribution is 5.59. The highest BCUT2D eigenvalue weighted by Gasteiger charge is 2.19. The van der Waals surface area contributed by atoms with Crippen LogP contribution in [0, 0.1) is 0 Å². The molecule has 2 aromatic rings. The lowest BCUT2D eigenvalue weighted by molar-refractivity contribution is 0.652. The van der Waals surface area contributed by atoms with Gasteiger partial charge in [-0.05, 0) is 49.6 Å². The molecule has 2 aromatic carbocycles. The Morgan fingerprint density at radius 2 is 1.95 bits per heavy atom. The Morgan fingerprint density at radius 3 is 2.71 bits per heavy atom. The second kappa shape index (κ2) is 6.31. The van der Waals surface area contributed by atoms with E-state index in [1.165, 1.54) is 28.8 Å². The lowest BCUT2D eigenvalue weighted by Crippen LogP contribution is -2.23. The SMILES string of the molecule is CNC(C)c1ccc2c(c1)CCN2CCc1ccccc1. The van der Waals surface area contributed by atoms with Crippen LogP contribution in [0.5, 0.6) is 0 Å². The molecule has 1 aliphatic heterocycles. The number of rotatable bonds is 5. The molecular formula is C19H24N2. The molecule has 21 heavy (non-hydrogen) atoms. The van der Waals surface area contributed by atoms with E-state index in [0.29, 0.717) is 6.04 Å². The normalized spacial score (nSPS) is 15.0. The Balaban J connectivity index is 1.69. The van der Waals surface area contributed by atoms with E-state index in [2.05, 4.69) is 65.7 Å². The van der Waals surface area contributed by atoms with Crippen molar-refractivity contribution in [2.75, 3.05) is 25.0 Å². The molecule has 0 aliphatic carbocycles. The van der Waals surface area contributed by atoms with Crippen molar-refractivity contribution in [1.82, 2.24) is 5.32 Å². The number of hydrogen-bond donors (Lipinski definition) is 1. The zero-order chi connectivity index (χ0) is 14.7. The summed E-state index contributed by atoms with van der Waals surface area (Å²) >= 11 is 0. The molecule has 0 saturated heterocycles. The van der Waals surface area contributed by atoms with Gasteiger partial charge in [-0.25, -0.2) is 0 Å². The van der Waals surface area contributed by atoms with Gasteiger partial charge in [-0.1, -0.05) is 42.5 Å². The molecule has 0 saturated carbocycles. The van der Waals surface area contributed by atoms with E-state index in [1.807, 2.05) is 7.05 Å². The molecule has 1 N–H and O–H groups in total. The summed E-state index contributed by atoms with van der Waals surface area (Å²) in [5.74, 6) is 0. The number of nitrogens with zero attached hydrogens (tertiary/aromatic N) is 1. The lowest BCUT2D eigenvalue weighted by Gasteiger charge is -2.20. The zero-order valence-corrected chi connectivity index (χ0v) is 13.0. The second-order valence-electron chi connectivity index (χ2n) is 5.87. The fraction of sp³-hybridized carbons (Fsp3) is 0.368. The fourth-order valence-electron chi connectivity index (χ4n) is 3.07. The second-order valence-corrected chi connectivity index (χ2v) is 5.87. The molecule has 2 heteroatoms. The van der Waals surface area contributed by atoms with Crippen LogP contribution in [0.15, 0.2) is 48.5 Å². The van der Waals surface area contributed by atoms with Crippen molar-refractivity contribution in [3.63, 3.8) is 0 Å². The smallest absolute Gasteiger partial charge is 0.0399 e. The van der Waals surface area contributed by atoms with Gasteiger partial charge >= 0.3 is 0 Å². The van der Waals surface area contributed by atoms with Gasteiger partial charge in [-0.3, -0.25) is 0 Å². The lowest BCUT2D eigenvalue weighted by atomic mass is 10.0. The third-order valence-corrected chi connectivity index (χ3v) is 4.54. The minimum Gasteiger partial charge on any atom is -0.371 e. The van der Waals surface area contributed by atoms with Crippen molar-refractivity contribution in [2.24, 2.45) is 0 Å². The first-order valence-electron chi connectivity index (χ1n) is 7.87. The molecule has 0 spiro atoms. The average molecular weight is 280 g/mol. The number of fused-ring (bicyclic) bond motifs is 1. The van der Waals surface area contributed by atoms with Crippen LogP contribution in [-0.4, -0.2) is 20.1 Å². The van der Waals surface area contributed by atoms with Crippen molar-refractivity contribution in [3.8, 4) is 0 Å². The van der Waals surface area contributed by atoms with Crippen molar-refractivity contribution in [1.29, 1.82) is 0 Å². The van der Waals surface area contributed by atoms with Crippen LogP contribution in [0.25, 0.3) is 0 Å². The number of hydrogen-bond acceptors (Lipinski definition) is 2. The first kappa shape index (κ1) is 14.2. The van der Waals surface area contributed by atoms with Crippen LogP contribution in [0.2, 0.25) is 0 Å². The van der Waals surface area contributed by atoms with Crippen molar-refractivity contribution in [3.05, 3.63) is 65.2 Å². The Kier molecular flexibility index (Phi) is 4.26. The quantitative estimate of drug-likeness (QED) is 0.900. The van der Waals surface area contributed by atoms with Gasteiger partial charge in [0, 0.05) is 24.8 Å². The van der Waals surface area contributed by atoms with Gasteiger partial charge in [0.05, 0.1) is 0 Å². The fourth-order valence-corrected chi connectivity index (χ4v) is 3.07. The topological polar surface area (TPSA) is 15.3 Å². The third kappa shape index (κ3) is 3.11. The van der Waals surface area contributed by atoms with E-state index in [0.717, 1.165) is 19.5 Å². The summed E-state index contributed by atoms with van der Waals surface area (Å²) in [6.45, 7) is 4.47. The molecule has 3 rings (SSSR count). The number of nitrogens with one attached hydrogen (secondary N) is 1. The van der Waals surface area contributed by atoms with Crippen LogP contribution in [0.4, 0.5) is 5.69 Å². The summed E-state index contributed by atoms with van der Waals surface area (Å²) in [6, 6.07) is 18.1. The van der Waals surface area contributed by atoms with Gasteiger partial charge in [0.25, 0.3) is 0 Å². The predicted octanol–water partition coefficient (Wildman–Crippen LogP) is 3.57. The highest BCUT2D eigenvalue weighted by atomic mass is 15.1. The standard InChI is InChI=1S/C19H24N2/c1-15(20-2)17-8-9-19-18(14-17)11-13-21(19)12-10-16-6-4-3-5-7-16/h3-9,14-15,20H,10-13H2,1-2H3. The molecule has 1 aliphatic rings. The van der Waals surface area contributed by atoms with Crippen LogP contribution in [-0.2, 0) is 12.8 Å². The van der Waals surface area contributed by atoms with Crippen molar-refractivity contribution < 1.29 is 0 Å². The van der Waals surface area contributed by atoms with E-state index in [4.69, 9.17) is 0 Å². The molecule has 110 valence electrons. The van der Waals surface area contributed by atoms with Gasteiger partial charge in [0.15, 0.2) is 0 Å². The van der Waals surface area contributed by atoms with Gasteiger partial charge < -0.3 is 10.2 Å². The summed E-state index contributed by atoms with van der Waals surface area (Å²) < 4.78 is 0. The minimum atomic E-state index is 0.425. The molecule has 1 unspecified atom stereocenters. The molecule has 0 aromatic heterocycles. The van der Waals surface area contributed by atoms with Gasteiger partial charge in [0.2, 0.25) is 0 Å². The number of benzene rings is 2. The molecule has 1 atom stereocenters. The number of anilines is 1. The van der Waals surface area contributed by atoms with E-state index < -0.39 is 0 Å². The molecular weight excluding hydrogens is 256 g/mol. The molecule has 2 nitrogen and oxygen atoms in total. The highest BCUT2D eigenvalue weighted by Crippen LogP contribution is 2.30. The van der Waals surface area contributed by atoms with Crippen LogP contribution in [0.3, 0.4) is 0 Å². The summed E-state index contributed by atoms with van der Waals surface area (Å²) in [6.07, 6.45) is 2.29. The summed E-state index contributed by atoms with van der Waals surface area (Å²) in [5.41, 5.74) is 5.74. The maximum Gasteiger partial charge on any atom is 0.0399 e. The van der Waals surface area contributed by atoms with Gasteiger partial charge in [0.1, 0.15) is 0 Å². The molecule has 0 bridgehead atoms. The zero-order valence-electron chi connectivity index (χ0n) is 13.0. The third-order valence-electron chi connectivity index (χ3n) is 4.54. The Labute approximate surface area is 127 Å². The summed E-state index contributed by atoms with van der Waals surface area (Å²) in [4.78, 5) is 2.52. The first-order valence-corrected chi connectivity index (χ1v) is 7.87. The van der Waals surface area contributed by atoms with Crippen molar-refractivity contribution in [2.45, 2.75) is 25.8 Å². The monoisotopic (exact) mass is 280 g/mol. The Bertz CT molecular complexity index is 592. The molecule has 0 fully saturated rings. The van der Waals surface area contributed by atoms with Crippen LogP contribution in [0.1, 0.15) is 29.7 Å². The molecule has 1 heterocycles. The molecule has 0 amide bonds. The van der Waals surface area contributed by atoms with Gasteiger partial charge in [-0.15, -0.1) is 0 Å². The van der Waals surface area contributed by atoms with Crippen molar-refractivity contribution >= 4 is 5.69 Å². The maximum atomic E-state index is 3.32. The minimum absolute atomic E-state index is 0.425. The van der Waals surface area contributed by atoms with Crippen LogP contribution < -0.4 is 10.2 Å². The van der Waals surface area contributed by atoms with E-state index in [1.54, 1.807) is 0 Å². The Hall–Kier alpha value is -1.80. The summed E-state index contributed by atoms with van der Waals surface area (Å²) in [7, 11) is 2.02. The Morgan fingerprint density at radius 1 is 1.14 bits per heavy atom.